The molecular weight excluding hydrogens is 214 g/mol. The van der Waals surface area contributed by atoms with Crippen LogP contribution < -0.4 is 5.32 Å². The minimum atomic E-state index is 0.190. The zero-order valence-corrected chi connectivity index (χ0v) is 11.9. The van der Waals surface area contributed by atoms with Gasteiger partial charge in [0.25, 0.3) is 0 Å². The van der Waals surface area contributed by atoms with Crippen LogP contribution in [0.25, 0.3) is 0 Å². The molecule has 0 aliphatic heterocycles. The third-order valence-electron chi connectivity index (χ3n) is 3.22. The summed E-state index contributed by atoms with van der Waals surface area (Å²) >= 11 is 0. The average molecular weight is 245 g/mol. The van der Waals surface area contributed by atoms with E-state index < -0.39 is 0 Å². The molecule has 0 fully saturated rings. The summed E-state index contributed by atoms with van der Waals surface area (Å²) in [4.78, 5) is 0. The van der Waals surface area contributed by atoms with E-state index in [1.165, 1.54) is 25.7 Å². The van der Waals surface area contributed by atoms with Gasteiger partial charge in [-0.15, -0.1) is 0 Å². The van der Waals surface area contributed by atoms with Gasteiger partial charge < -0.3 is 15.2 Å². The number of nitrogens with one attached hydrogen (secondary N) is 1. The Labute approximate surface area is 107 Å². The summed E-state index contributed by atoms with van der Waals surface area (Å²) in [5.41, 5.74) is 0. The minimum Gasteiger partial charge on any atom is -0.395 e. The van der Waals surface area contributed by atoms with Crippen LogP contribution in [0.4, 0.5) is 0 Å². The molecule has 0 aromatic carbocycles. The molecule has 0 aromatic heterocycles. The lowest BCUT2D eigenvalue weighted by atomic mass is 10.0. The molecule has 0 saturated heterocycles. The van der Waals surface area contributed by atoms with E-state index in [0.717, 1.165) is 26.2 Å². The Bertz CT molecular complexity index is 153. The Balaban J connectivity index is 3.52. The van der Waals surface area contributed by atoms with E-state index in [-0.39, 0.29) is 12.6 Å². The molecule has 17 heavy (non-hydrogen) atoms. The van der Waals surface area contributed by atoms with Crippen LogP contribution in [0.5, 0.6) is 0 Å². The van der Waals surface area contributed by atoms with Crippen molar-refractivity contribution in [2.75, 3.05) is 26.4 Å². The first-order chi connectivity index (χ1) is 8.28. The SMILES string of the molecule is CCCCC(CC)COCCC(CO)NCC. The van der Waals surface area contributed by atoms with Gasteiger partial charge in [-0.1, -0.05) is 40.0 Å². The number of rotatable bonds is 12. The van der Waals surface area contributed by atoms with Crippen molar-refractivity contribution in [2.45, 2.75) is 58.9 Å². The first kappa shape index (κ1) is 16.9. The second-order valence-corrected chi connectivity index (χ2v) is 4.72. The Morgan fingerprint density at radius 3 is 2.47 bits per heavy atom. The number of likely N-dealkylation sites (N-methyl/N-ethyl adjacent to an activating group) is 1. The molecule has 0 radical (unpaired) electrons. The summed E-state index contributed by atoms with van der Waals surface area (Å²) in [6.45, 7) is 9.25. The quantitative estimate of drug-likeness (QED) is 0.519. The molecular formula is C14H31NO2. The minimum absolute atomic E-state index is 0.190. The highest BCUT2D eigenvalue weighted by Crippen LogP contribution is 2.12. The van der Waals surface area contributed by atoms with E-state index in [1.807, 2.05) is 0 Å². The molecule has 0 aliphatic carbocycles. The molecule has 3 heteroatoms. The Kier molecular flexibility index (Phi) is 12.3. The predicted molar refractivity (Wildman–Crippen MR) is 73.3 cm³/mol. The third-order valence-corrected chi connectivity index (χ3v) is 3.22. The Hall–Kier alpha value is -0.120. The third kappa shape index (κ3) is 9.57. The van der Waals surface area contributed by atoms with E-state index in [9.17, 15) is 0 Å². The fourth-order valence-corrected chi connectivity index (χ4v) is 1.92. The number of aliphatic hydroxyl groups excluding tert-OH is 1. The summed E-state index contributed by atoms with van der Waals surface area (Å²) in [5, 5.41) is 12.3. The molecule has 104 valence electrons. The largest absolute Gasteiger partial charge is 0.395 e. The molecule has 0 aromatic rings. The zero-order valence-electron chi connectivity index (χ0n) is 11.9. The van der Waals surface area contributed by atoms with Crippen LogP contribution in [-0.4, -0.2) is 37.5 Å². The summed E-state index contributed by atoms with van der Waals surface area (Å²) in [6.07, 6.45) is 5.96. The summed E-state index contributed by atoms with van der Waals surface area (Å²) in [6, 6.07) is 0.190. The number of ether oxygens (including phenoxy) is 1. The van der Waals surface area contributed by atoms with Crippen LogP contribution in [0.15, 0.2) is 0 Å². The monoisotopic (exact) mass is 245 g/mol. The van der Waals surface area contributed by atoms with Gasteiger partial charge in [0.1, 0.15) is 0 Å². The van der Waals surface area contributed by atoms with Crippen molar-refractivity contribution in [3.63, 3.8) is 0 Å². The molecule has 0 aliphatic rings. The van der Waals surface area contributed by atoms with Gasteiger partial charge in [0.2, 0.25) is 0 Å². The molecule has 0 amide bonds. The van der Waals surface area contributed by atoms with Crippen LogP contribution in [-0.2, 0) is 4.74 Å². The molecule has 0 spiro atoms. The Morgan fingerprint density at radius 2 is 1.94 bits per heavy atom. The fraction of sp³-hybridized carbons (Fsp3) is 1.00. The predicted octanol–water partition coefficient (Wildman–Crippen LogP) is 2.58. The van der Waals surface area contributed by atoms with E-state index in [1.54, 1.807) is 0 Å². The maximum atomic E-state index is 9.11. The molecule has 2 N–H and O–H groups in total. The average Bonchev–Trinajstić information content (AvgIpc) is 2.36. The van der Waals surface area contributed by atoms with Gasteiger partial charge in [-0.05, 0) is 25.3 Å². The number of hydrogen-bond donors (Lipinski definition) is 2. The standard InChI is InChI=1S/C14H31NO2/c1-4-7-8-13(5-2)12-17-10-9-14(11-16)15-6-3/h13-16H,4-12H2,1-3H3. The lowest BCUT2D eigenvalue weighted by Gasteiger charge is -2.17. The van der Waals surface area contributed by atoms with Crippen molar-refractivity contribution >= 4 is 0 Å². The number of aliphatic hydroxyl groups is 1. The van der Waals surface area contributed by atoms with Gasteiger partial charge in [0.05, 0.1) is 6.61 Å². The highest BCUT2D eigenvalue weighted by Gasteiger charge is 2.08. The van der Waals surface area contributed by atoms with Gasteiger partial charge in [-0.25, -0.2) is 0 Å². The van der Waals surface area contributed by atoms with Gasteiger partial charge >= 0.3 is 0 Å². The van der Waals surface area contributed by atoms with Gasteiger partial charge in [-0.3, -0.25) is 0 Å². The molecule has 0 saturated carbocycles. The second kappa shape index (κ2) is 12.3. The van der Waals surface area contributed by atoms with Crippen LogP contribution in [0.2, 0.25) is 0 Å². The molecule has 0 heterocycles. The summed E-state index contributed by atoms with van der Waals surface area (Å²) in [7, 11) is 0. The smallest absolute Gasteiger partial charge is 0.0585 e. The first-order valence-electron chi connectivity index (χ1n) is 7.20. The van der Waals surface area contributed by atoms with E-state index in [4.69, 9.17) is 9.84 Å². The lowest BCUT2D eigenvalue weighted by Crippen LogP contribution is -2.33. The number of unbranched alkanes of at least 4 members (excludes halogenated alkanes) is 1. The fourth-order valence-electron chi connectivity index (χ4n) is 1.92. The maximum absolute atomic E-state index is 9.11. The van der Waals surface area contributed by atoms with Gasteiger partial charge in [0, 0.05) is 19.3 Å². The van der Waals surface area contributed by atoms with Crippen LogP contribution in [0.1, 0.15) is 52.9 Å². The molecule has 0 rings (SSSR count). The first-order valence-corrected chi connectivity index (χ1v) is 7.20. The zero-order chi connectivity index (χ0) is 12.9. The van der Waals surface area contributed by atoms with Crippen molar-refractivity contribution in [1.29, 1.82) is 0 Å². The van der Waals surface area contributed by atoms with Crippen molar-refractivity contribution in [3.05, 3.63) is 0 Å². The lowest BCUT2D eigenvalue weighted by molar-refractivity contribution is 0.0811. The summed E-state index contributed by atoms with van der Waals surface area (Å²) < 4.78 is 5.71. The van der Waals surface area contributed by atoms with Crippen LogP contribution in [0, 0.1) is 5.92 Å². The van der Waals surface area contributed by atoms with Crippen LogP contribution in [0.3, 0.4) is 0 Å². The van der Waals surface area contributed by atoms with Gasteiger partial charge in [-0.2, -0.15) is 0 Å². The van der Waals surface area contributed by atoms with E-state index in [2.05, 4.69) is 26.1 Å². The van der Waals surface area contributed by atoms with Crippen molar-refractivity contribution < 1.29 is 9.84 Å². The van der Waals surface area contributed by atoms with Crippen molar-refractivity contribution in [1.82, 2.24) is 5.32 Å². The molecule has 0 bridgehead atoms. The molecule has 3 nitrogen and oxygen atoms in total. The van der Waals surface area contributed by atoms with E-state index in [0.29, 0.717) is 5.92 Å². The second-order valence-electron chi connectivity index (χ2n) is 4.72. The highest BCUT2D eigenvalue weighted by atomic mass is 16.5. The molecule has 2 atom stereocenters. The van der Waals surface area contributed by atoms with Gasteiger partial charge in [0.15, 0.2) is 0 Å². The normalized spacial score (nSPS) is 14.8. The Morgan fingerprint density at radius 1 is 1.18 bits per heavy atom. The topological polar surface area (TPSA) is 41.5 Å². The maximum Gasteiger partial charge on any atom is 0.0585 e. The highest BCUT2D eigenvalue weighted by molar-refractivity contribution is 4.64. The summed E-state index contributed by atoms with van der Waals surface area (Å²) in [5.74, 6) is 0.710. The van der Waals surface area contributed by atoms with E-state index >= 15 is 0 Å². The molecule has 2 unspecified atom stereocenters. The van der Waals surface area contributed by atoms with Crippen LogP contribution >= 0.6 is 0 Å². The van der Waals surface area contributed by atoms with Crippen molar-refractivity contribution in [3.8, 4) is 0 Å². The van der Waals surface area contributed by atoms with Crippen molar-refractivity contribution in [2.24, 2.45) is 5.92 Å². The number of hydrogen-bond acceptors (Lipinski definition) is 3.